The van der Waals surface area contributed by atoms with Gasteiger partial charge in [-0.05, 0) is 26.8 Å². The molecule has 5 nitrogen and oxygen atoms in total. The minimum Gasteiger partial charge on any atom is -0.492 e. The molecular formula is C14H16N2O3. The molecule has 19 heavy (non-hydrogen) atoms. The van der Waals surface area contributed by atoms with E-state index in [4.69, 9.17) is 16.0 Å². The van der Waals surface area contributed by atoms with Crippen LogP contribution in [0.3, 0.4) is 0 Å². The van der Waals surface area contributed by atoms with E-state index in [0.717, 1.165) is 5.56 Å². The van der Waals surface area contributed by atoms with E-state index in [1.54, 1.807) is 18.2 Å². The van der Waals surface area contributed by atoms with Crippen LogP contribution in [0.1, 0.15) is 32.4 Å². The van der Waals surface area contributed by atoms with Gasteiger partial charge in [0.15, 0.2) is 5.69 Å². The Morgan fingerprint density at radius 1 is 1.53 bits per heavy atom. The van der Waals surface area contributed by atoms with Gasteiger partial charge in [0.05, 0.1) is 12.6 Å². The predicted octanol–water partition coefficient (Wildman–Crippen LogP) is 3.20. The van der Waals surface area contributed by atoms with Gasteiger partial charge in [-0.1, -0.05) is 12.1 Å². The van der Waals surface area contributed by atoms with Crippen molar-refractivity contribution in [2.75, 3.05) is 6.61 Å². The molecular weight excluding hydrogens is 244 g/mol. The second-order valence-electron chi connectivity index (χ2n) is 5.34. The van der Waals surface area contributed by atoms with Gasteiger partial charge in [0.25, 0.3) is 0 Å². The maximum atomic E-state index is 11.7. The summed E-state index contributed by atoms with van der Waals surface area (Å²) < 4.78 is 10.7. The lowest BCUT2D eigenvalue weighted by molar-refractivity contribution is 0.0497. The van der Waals surface area contributed by atoms with E-state index in [1.807, 2.05) is 20.8 Å². The summed E-state index contributed by atoms with van der Waals surface area (Å²) in [6, 6.07) is 4.96. The highest BCUT2D eigenvalue weighted by Gasteiger charge is 2.27. The predicted molar refractivity (Wildman–Crippen MR) is 70.3 cm³/mol. The minimum absolute atomic E-state index is 0.232. The molecule has 1 aliphatic rings. The van der Waals surface area contributed by atoms with Gasteiger partial charge < -0.3 is 14.8 Å². The highest BCUT2D eigenvalue weighted by Crippen LogP contribution is 2.35. The summed E-state index contributed by atoms with van der Waals surface area (Å²) in [5.41, 5.74) is 0.871. The average Bonchev–Trinajstić information content (AvgIpc) is 2.69. The van der Waals surface area contributed by atoms with E-state index in [1.165, 1.54) is 0 Å². The van der Waals surface area contributed by atoms with Crippen molar-refractivity contribution in [2.24, 2.45) is 0 Å². The van der Waals surface area contributed by atoms with Crippen LogP contribution in [-0.4, -0.2) is 18.3 Å². The number of hydrogen-bond acceptors (Lipinski definition) is 3. The zero-order valence-corrected chi connectivity index (χ0v) is 11.2. The quantitative estimate of drug-likeness (QED) is 0.789. The molecule has 0 spiro atoms. The lowest BCUT2D eigenvalue weighted by Crippen LogP contribution is -2.35. The van der Waals surface area contributed by atoms with Gasteiger partial charge >= 0.3 is 6.09 Å². The maximum Gasteiger partial charge on any atom is 0.408 e. The first kappa shape index (κ1) is 13.2. The van der Waals surface area contributed by atoms with Crippen LogP contribution in [0.4, 0.5) is 10.5 Å². The fourth-order valence-electron chi connectivity index (χ4n) is 1.84. The molecule has 0 aliphatic carbocycles. The molecule has 0 bridgehead atoms. The second kappa shape index (κ2) is 4.81. The van der Waals surface area contributed by atoms with Crippen molar-refractivity contribution < 1.29 is 14.3 Å². The van der Waals surface area contributed by atoms with Crippen molar-refractivity contribution in [3.05, 3.63) is 35.2 Å². The molecule has 1 aliphatic heterocycles. The molecule has 0 fully saturated rings. The Morgan fingerprint density at radius 3 is 2.89 bits per heavy atom. The van der Waals surface area contributed by atoms with Crippen molar-refractivity contribution in [3.8, 4) is 5.75 Å². The normalized spacial score (nSPS) is 17.1. The van der Waals surface area contributed by atoms with Crippen molar-refractivity contribution in [3.63, 3.8) is 0 Å². The number of hydrogen-bond donors (Lipinski definition) is 1. The van der Waals surface area contributed by atoms with E-state index in [0.29, 0.717) is 18.0 Å². The van der Waals surface area contributed by atoms with Crippen LogP contribution in [0.25, 0.3) is 4.85 Å². The standard InChI is InChI=1S/C14H16N2O3/c1-14(2,3)19-13(17)16-11-8-18-12-7-9(15-4)5-6-10(11)12/h5-7,11H,8H2,1-3H3,(H,16,17)/t11-/m1/s1. The summed E-state index contributed by atoms with van der Waals surface area (Å²) in [5, 5.41) is 2.77. The molecule has 1 aromatic carbocycles. The summed E-state index contributed by atoms with van der Waals surface area (Å²) in [6.07, 6.45) is -0.469. The van der Waals surface area contributed by atoms with E-state index in [9.17, 15) is 4.79 Å². The Bertz CT molecular complexity index is 541. The second-order valence-corrected chi connectivity index (χ2v) is 5.34. The lowest BCUT2D eigenvalue weighted by Gasteiger charge is -2.21. The van der Waals surface area contributed by atoms with Crippen molar-refractivity contribution in [2.45, 2.75) is 32.4 Å². The molecule has 1 aromatic rings. The summed E-state index contributed by atoms with van der Waals surface area (Å²) in [4.78, 5) is 15.1. The highest BCUT2D eigenvalue weighted by molar-refractivity contribution is 5.69. The van der Waals surface area contributed by atoms with Crippen LogP contribution in [0, 0.1) is 6.57 Å². The van der Waals surface area contributed by atoms with Gasteiger partial charge in [-0.25, -0.2) is 9.64 Å². The number of carbonyl (C=O) groups is 1. The zero-order chi connectivity index (χ0) is 14.0. The number of ether oxygens (including phenoxy) is 2. The maximum absolute atomic E-state index is 11.7. The Labute approximate surface area is 112 Å². The topological polar surface area (TPSA) is 51.9 Å². The van der Waals surface area contributed by atoms with E-state index in [2.05, 4.69) is 10.2 Å². The first-order valence-corrected chi connectivity index (χ1v) is 6.03. The van der Waals surface area contributed by atoms with Crippen LogP contribution in [-0.2, 0) is 4.74 Å². The molecule has 1 N–H and O–H groups in total. The molecule has 1 amide bonds. The fraction of sp³-hybridized carbons (Fsp3) is 0.429. The van der Waals surface area contributed by atoms with Crippen molar-refractivity contribution in [1.29, 1.82) is 0 Å². The Kier molecular flexibility index (Phi) is 3.34. The number of nitrogens with zero attached hydrogens (tertiary/aromatic N) is 1. The number of benzene rings is 1. The molecule has 2 rings (SSSR count). The molecule has 0 radical (unpaired) electrons. The van der Waals surface area contributed by atoms with Crippen LogP contribution >= 0.6 is 0 Å². The van der Waals surface area contributed by atoms with Crippen molar-refractivity contribution >= 4 is 11.8 Å². The number of carbonyl (C=O) groups excluding carboxylic acids is 1. The van der Waals surface area contributed by atoms with Crippen molar-refractivity contribution in [1.82, 2.24) is 5.32 Å². The Morgan fingerprint density at radius 2 is 2.26 bits per heavy atom. The SMILES string of the molecule is [C-]#[N+]c1ccc2c(c1)OC[C@H]2NC(=O)OC(C)(C)C. The Hall–Kier alpha value is -2.22. The molecule has 1 atom stereocenters. The van der Waals surface area contributed by atoms with Crippen LogP contribution < -0.4 is 10.1 Å². The minimum atomic E-state index is -0.527. The Balaban J connectivity index is 2.07. The average molecular weight is 260 g/mol. The summed E-state index contributed by atoms with van der Waals surface area (Å²) >= 11 is 0. The third kappa shape index (κ3) is 3.16. The van der Waals surface area contributed by atoms with Gasteiger partial charge in [-0.2, -0.15) is 0 Å². The summed E-state index contributed by atoms with van der Waals surface area (Å²) in [5.74, 6) is 0.648. The fourth-order valence-corrected chi connectivity index (χ4v) is 1.84. The van der Waals surface area contributed by atoms with Crippen LogP contribution in [0.5, 0.6) is 5.75 Å². The van der Waals surface area contributed by atoms with Gasteiger partial charge in [-0.3, -0.25) is 0 Å². The first-order chi connectivity index (χ1) is 8.89. The van der Waals surface area contributed by atoms with Gasteiger partial charge in [0.1, 0.15) is 18.0 Å². The van der Waals surface area contributed by atoms with Crippen LogP contribution in [0.2, 0.25) is 0 Å². The van der Waals surface area contributed by atoms with Gasteiger partial charge in [-0.15, -0.1) is 0 Å². The molecule has 100 valence electrons. The molecule has 5 heteroatoms. The molecule has 1 heterocycles. The number of rotatable bonds is 1. The smallest absolute Gasteiger partial charge is 0.408 e. The lowest BCUT2D eigenvalue weighted by atomic mass is 10.1. The molecule has 0 saturated heterocycles. The van der Waals surface area contributed by atoms with E-state index in [-0.39, 0.29) is 6.04 Å². The molecule has 0 unspecified atom stereocenters. The highest BCUT2D eigenvalue weighted by atomic mass is 16.6. The van der Waals surface area contributed by atoms with Gasteiger partial charge in [0.2, 0.25) is 0 Å². The third-order valence-electron chi connectivity index (χ3n) is 2.60. The van der Waals surface area contributed by atoms with E-state index >= 15 is 0 Å². The summed E-state index contributed by atoms with van der Waals surface area (Å²) in [6.45, 7) is 12.7. The monoisotopic (exact) mass is 260 g/mol. The summed E-state index contributed by atoms with van der Waals surface area (Å²) in [7, 11) is 0. The van der Waals surface area contributed by atoms with E-state index < -0.39 is 11.7 Å². The zero-order valence-electron chi connectivity index (χ0n) is 11.2. The third-order valence-corrected chi connectivity index (χ3v) is 2.60. The number of amides is 1. The number of fused-ring (bicyclic) bond motifs is 1. The largest absolute Gasteiger partial charge is 0.492 e. The van der Waals surface area contributed by atoms with Crippen LogP contribution in [0.15, 0.2) is 18.2 Å². The molecule has 0 aromatic heterocycles. The number of nitrogens with one attached hydrogen (secondary N) is 1. The first-order valence-electron chi connectivity index (χ1n) is 6.03. The number of alkyl carbamates (subject to hydrolysis) is 1. The molecule has 0 saturated carbocycles. The van der Waals surface area contributed by atoms with Gasteiger partial charge in [0, 0.05) is 5.56 Å².